The van der Waals surface area contributed by atoms with E-state index in [-0.39, 0.29) is 17.5 Å². The first-order chi connectivity index (χ1) is 12.0. The van der Waals surface area contributed by atoms with Crippen molar-refractivity contribution < 1.29 is 14.5 Å². The molecule has 1 aromatic carbocycles. The number of ether oxygens (including phenoxy) is 1. The molecule has 8 heteroatoms. The lowest BCUT2D eigenvalue weighted by molar-refractivity contribution is -0.384. The van der Waals surface area contributed by atoms with Gasteiger partial charge in [0.05, 0.1) is 11.0 Å². The molecule has 8 nitrogen and oxygen atoms in total. The lowest BCUT2D eigenvalue weighted by atomic mass is 10.2. The van der Waals surface area contributed by atoms with Gasteiger partial charge < -0.3 is 10.1 Å². The van der Waals surface area contributed by atoms with E-state index in [1.54, 1.807) is 6.20 Å². The summed E-state index contributed by atoms with van der Waals surface area (Å²) in [7, 11) is 0. The maximum Gasteiger partial charge on any atom is 0.413 e. The number of nitrogens with zero attached hydrogens (tertiary/aromatic N) is 3. The number of nitrogens with one attached hydrogen (secondary N) is 1. The zero-order valence-corrected chi connectivity index (χ0v) is 13.7. The van der Waals surface area contributed by atoms with Crippen LogP contribution in [-0.4, -0.2) is 20.4 Å². The standard InChI is InChI=1S/C17H16N4O4/c1-11-10-18-16-5-3-4-15(20(11)16)12(2)19-17(22)25-14-8-6-13(7-9-14)21(23)24/h3-10,12H,1-2H3,(H,19,22)/t12-/m1/s1. The number of hydrogen-bond acceptors (Lipinski definition) is 5. The minimum Gasteiger partial charge on any atom is -0.410 e. The third-order valence-electron chi connectivity index (χ3n) is 3.77. The van der Waals surface area contributed by atoms with Crippen LogP contribution in [0.5, 0.6) is 5.75 Å². The molecule has 1 N–H and O–H groups in total. The lowest BCUT2D eigenvalue weighted by Gasteiger charge is -2.16. The molecule has 0 saturated heterocycles. The van der Waals surface area contributed by atoms with Gasteiger partial charge in [-0.05, 0) is 38.1 Å². The number of amides is 1. The predicted molar refractivity (Wildman–Crippen MR) is 90.6 cm³/mol. The first-order valence-electron chi connectivity index (χ1n) is 7.61. The Bertz CT molecular complexity index is 933. The highest BCUT2D eigenvalue weighted by molar-refractivity contribution is 5.71. The fourth-order valence-corrected chi connectivity index (χ4v) is 2.58. The van der Waals surface area contributed by atoms with Gasteiger partial charge in [-0.3, -0.25) is 14.5 Å². The molecule has 0 saturated carbocycles. The second kappa shape index (κ2) is 6.60. The number of pyridine rings is 1. The number of rotatable bonds is 4. The number of aryl methyl sites for hydroxylation is 1. The fraction of sp³-hybridized carbons (Fsp3) is 0.176. The third kappa shape index (κ3) is 3.42. The average Bonchev–Trinajstić information content (AvgIpc) is 2.96. The van der Waals surface area contributed by atoms with Crippen molar-refractivity contribution >= 4 is 17.4 Å². The number of fused-ring (bicyclic) bond motifs is 1. The lowest BCUT2D eigenvalue weighted by Crippen LogP contribution is -2.30. The van der Waals surface area contributed by atoms with E-state index in [4.69, 9.17) is 4.74 Å². The zero-order chi connectivity index (χ0) is 18.0. The van der Waals surface area contributed by atoms with E-state index in [0.717, 1.165) is 17.0 Å². The Morgan fingerprint density at radius 3 is 2.68 bits per heavy atom. The Morgan fingerprint density at radius 1 is 1.28 bits per heavy atom. The fourth-order valence-electron chi connectivity index (χ4n) is 2.58. The topological polar surface area (TPSA) is 98.8 Å². The number of benzene rings is 1. The zero-order valence-electron chi connectivity index (χ0n) is 13.7. The highest BCUT2D eigenvalue weighted by Gasteiger charge is 2.15. The molecule has 3 aromatic rings. The number of aromatic nitrogens is 2. The molecule has 128 valence electrons. The van der Waals surface area contributed by atoms with Gasteiger partial charge in [0, 0.05) is 29.7 Å². The van der Waals surface area contributed by atoms with Crippen molar-refractivity contribution in [1.82, 2.24) is 14.7 Å². The summed E-state index contributed by atoms with van der Waals surface area (Å²) in [6, 6.07) is 10.7. The van der Waals surface area contributed by atoms with Gasteiger partial charge in [0.1, 0.15) is 11.4 Å². The Morgan fingerprint density at radius 2 is 2.00 bits per heavy atom. The van der Waals surface area contributed by atoms with Crippen molar-refractivity contribution in [2.24, 2.45) is 0 Å². The molecule has 0 radical (unpaired) electrons. The monoisotopic (exact) mass is 340 g/mol. The Labute approximate surface area is 143 Å². The van der Waals surface area contributed by atoms with Crippen molar-refractivity contribution in [3.8, 4) is 5.75 Å². The van der Waals surface area contributed by atoms with Gasteiger partial charge in [0.25, 0.3) is 5.69 Å². The van der Waals surface area contributed by atoms with Crippen molar-refractivity contribution in [1.29, 1.82) is 0 Å². The largest absolute Gasteiger partial charge is 0.413 e. The van der Waals surface area contributed by atoms with Gasteiger partial charge in [-0.2, -0.15) is 0 Å². The second-order valence-corrected chi connectivity index (χ2v) is 5.55. The van der Waals surface area contributed by atoms with E-state index in [2.05, 4.69) is 10.3 Å². The Balaban J connectivity index is 1.71. The summed E-state index contributed by atoms with van der Waals surface area (Å²) in [5, 5.41) is 13.4. The van der Waals surface area contributed by atoms with E-state index in [9.17, 15) is 14.9 Å². The van der Waals surface area contributed by atoms with Crippen molar-refractivity contribution in [2.45, 2.75) is 19.9 Å². The molecule has 2 heterocycles. The first-order valence-corrected chi connectivity index (χ1v) is 7.61. The van der Waals surface area contributed by atoms with E-state index >= 15 is 0 Å². The minimum absolute atomic E-state index is 0.0663. The summed E-state index contributed by atoms with van der Waals surface area (Å²) in [5.41, 5.74) is 2.56. The van der Waals surface area contributed by atoms with Crippen LogP contribution >= 0.6 is 0 Å². The van der Waals surface area contributed by atoms with E-state index < -0.39 is 11.0 Å². The second-order valence-electron chi connectivity index (χ2n) is 5.55. The highest BCUT2D eigenvalue weighted by Crippen LogP contribution is 2.19. The van der Waals surface area contributed by atoms with Crippen molar-refractivity contribution in [3.63, 3.8) is 0 Å². The van der Waals surface area contributed by atoms with Gasteiger partial charge in [-0.25, -0.2) is 9.78 Å². The van der Waals surface area contributed by atoms with Gasteiger partial charge >= 0.3 is 6.09 Å². The van der Waals surface area contributed by atoms with Crippen LogP contribution in [0.15, 0.2) is 48.7 Å². The molecule has 0 unspecified atom stereocenters. The highest BCUT2D eigenvalue weighted by atomic mass is 16.6. The van der Waals surface area contributed by atoms with Crippen LogP contribution in [0.3, 0.4) is 0 Å². The smallest absolute Gasteiger partial charge is 0.410 e. The number of carbonyl (C=O) groups is 1. The van der Waals surface area contributed by atoms with Crippen LogP contribution in [-0.2, 0) is 0 Å². The van der Waals surface area contributed by atoms with Gasteiger partial charge in [-0.1, -0.05) is 6.07 Å². The number of non-ortho nitro benzene ring substituents is 1. The number of nitro groups is 1. The molecular formula is C17H16N4O4. The summed E-state index contributed by atoms with van der Waals surface area (Å²) in [5.74, 6) is 0.229. The Kier molecular flexibility index (Phi) is 4.34. The van der Waals surface area contributed by atoms with Crippen LogP contribution in [0.25, 0.3) is 5.65 Å². The molecule has 25 heavy (non-hydrogen) atoms. The molecule has 0 bridgehead atoms. The van der Waals surface area contributed by atoms with Crippen molar-refractivity contribution in [3.05, 3.63) is 70.2 Å². The van der Waals surface area contributed by atoms with Crippen LogP contribution in [0.1, 0.15) is 24.4 Å². The van der Waals surface area contributed by atoms with Crippen LogP contribution in [0.2, 0.25) is 0 Å². The summed E-state index contributed by atoms with van der Waals surface area (Å²) >= 11 is 0. The normalized spacial score (nSPS) is 11.9. The number of carbonyl (C=O) groups excluding carboxylic acids is 1. The molecule has 2 aromatic heterocycles. The number of imidazole rings is 1. The first kappa shape index (κ1) is 16.4. The van der Waals surface area contributed by atoms with Crippen LogP contribution in [0, 0.1) is 17.0 Å². The van der Waals surface area contributed by atoms with E-state index in [1.165, 1.54) is 24.3 Å². The van der Waals surface area contributed by atoms with Gasteiger partial charge in [-0.15, -0.1) is 0 Å². The maximum atomic E-state index is 12.1. The number of hydrogen-bond donors (Lipinski definition) is 1. The van der Waals surface area contributed by atoms with Crippen LogP contribution < -0.4 is 10.1 Å². The van der Waals surface area contributed by atoms with E-state index in [1.807, 2.05) is 36.4 Å². The van der Waals surface area contributed by atoms with Crippen molar-refractivity contribution in [2.75, 3.05) is 0 Å². The SMILES string of the molecule is Cc1cnc2cccc([C@@H](C)NC(=O)Oc3ccc([N+](=O)[O-])cc3)n12. The molecule has 3 rings (SSSR count). The van der Waals surface area contributed by atoms with E-state index in [0.29, 0.717) is 0 Å². The summed E-state index contributed by atoms with van der Waals surface area (Å²) in [6.45, 7) is 3.77. The molecule has 1 atom stereocenters. The quantitative estimate of drug-likeness (QED) is 0.580. The summed E-state index contributed by atoms with van der Waals surface area (Å²) in [6.07, 6.45) is 1.12. The summed E-state index contributed by atoms with van der Waals surface area (Å²) in [4.78, 5) is 26.5. The average molecular weight is 340 g/mol. The molecule has 0 aliphatic carbocycles. The minimum atomic E-state index is -0.642. The molecule has 0 fully saturated rings. The molecule has 0 aliphatic rings. The molecule has 0 aliphatic heterocycles. The molecule has 1 amide bonds. The predicted octanol–water partition coefficient (Wildman–Crippen LogP) is 3.40. The molecule has 0 spiro atoms. The molecular weight excluding hydrogens is 324 g/mol. The third-order valence-corrected chi connectivity index (χ3v) is 3.77. The van der Waals surface area contributed by atoms with Crippen LogP contribution in [0.4, 0.5) is 10.5 Å². The maximum absolute atomic E-state index is 12.1. The number of nitro benzene ring substituents is 1. The van der Waals surface area contributed by atoms with Gasteiger partial charge in [0.2, 0.25) is 0 Å². The Hall–Kier alpha value is -3.42. The summed E-state index contributed by atoms with van der Waals surface area (Å²) < 4.78 is 7.12. The van der Waals surface area contributed by atoms with Gasteiger partial charge in [0.15, 0.2) is 0 Å².